The number of halogens is 1. The summed E-state index contributed by atoms with van der Waals surface area (Å²) in [4.78, 5) is 11.9. The normalized spacial score (nSPS) is 10.2. The molecule has 0 saturated heterocycles. The fourth-order valence-corrected chi connectivity index (χ4v) is 2.50. The molecular weight excluding hydrogens is 376 g/mol. The van der Waals surface area contributed by atoms with Gasteiger partial charge in [0.1, 0.15) is 12.4 Å². The van der Waals surface area contributed by atoms with E-state index in [1.807, 2.05) is 31.2 Å². The van der Waals surface area contributed by atoms with Crippen LogP contribution in [0.3, 0.4) is 0 Å². The van der Waals surface area contributed by atoms with E-state index in [1.165, 1.54) is 0 Å². The molecule has 0 saturated carbocycles. The second kappa shape index (κ2) is 8.59. The summed E-state index contributed by atoms with van der Waals surface area (Å²) < 4.78 is 22.0. The summed E-state index contributed by atoms with van der Waals surface area (Å²) in [6.07, 6.45) is 0. The average Bonchev–Trinajstić information content (AvgIpc) is 2.59. The number of carbonyl (C=O) groups is 1. The summed E-state index contributed by atoms with van der Waals surface area (Å²) in [5, 5.41) is 0. The standard InChI is InChI=1S/C18H19BrO5/c1-12-6-4-5-7-15(12)23-11-18(20)24-10-13-8-16(21-2)17(22-3)9-14(13)19/h4-9H,10-11H2,1-3H3. The van der Waals surface area contributed by atoms with Gasteiger partial charge in [-0.3, -0.25) is 0 Å². The SMILES string of the molecule is COc1cc(Br)c(COC(=O)COc2ccccc2C)cc1OC. The fourth-order valence-electron chi connectivity index (χ4n) is 2.06. The molecule has 5 nitrogen and oxygen atoms in total. The van der Waals surface area contributed by atoms with Crippen molar-refractivity contribution in [3.63, 3.8) is 0 Å². The van der Waals surface area contributed by atoms with E-state index in [4.69, 9.17) is 18.9 Å². The average molecular weight is 395 g/mol. The van der Waals surface area contributed by atoms with Crippen molar-refractivity contribution in [1.29, 1.82) is 0 Å². The number of esters is 1. The zero-order chi connectivity index (χ0) is 17.5. The van der Waals surface area contributed by atoms with Crippen molar-refractivity contribution in [3.05, 3.63) is 52.0 Å². The number of para-hydroxylation sites is 1. The summed E-state index contributed by atoms with van der Waals surface area (Å²) in [6.45, 7) is 1.88. The number of hydrogen-bond acceptors (Lipinski definition) is 5. The Bertz CT molecular complexity index is 715. The van der Waals surface area contributed by atoms with E-state index < -0.39 is 5.97 Å². The number of hydrogen-bond donors (Lipinski definition) is 0. The molecular formula is C18H19BrO5. The maximum absolute atomic E-state index is 11.9. The van der Waals surface area contributed by atoms with Crippen molar-refractivity contribution in [3.8, 4) is 17.2 Å². The Morgan fingerprint density at radius 2 is 1.71 bits per heavy atom. The highest BCUT2D eigenvalue weighted by atomic mass is 79.9. The summed E-state index contributed by atoms with van der Waals surface area (Å²) in [6, 6.07) is 11.0. The highest BCUT2D eigenvalue weighted by Crippen LogP contribution is 2.33. The Balaban J connectivity index is 1.93. The van der Waals surface area contributed by atoms with Crippen LogP contribution < -0.4 is 14.2 Å². The molecule has 0 aliphatic heterocycles. The number of carbonyl (C=O) groups excluding carboxylic acids is 1. The van der Waals surface area contributed by atoms with Crippen molar-refractivity contribution in [1.82, 2.24) is 0 Å². The van der Waals surface area contributed by atoms with Crippen LogP contribution in [-0.2, 0) is 16.1 Å². The van der Waals surface area contributed by atoms with Crippen molar-refractivity contribution in [2.45, 2.75) is 13.5 Å². The van der Waals surface area contributed by atoms with Crippen LogP contribution in [0.2, 0.25) is 0 Å². The number of rotatable bonds is 7. The predicted molar refractivity (Wildman–Crippen MR) is 93.7 cm³/mol. The number of methoxy groups -OCH3 is 2. The lowest BCUT2D eigenvalue weighted by molar-refractivity contribution is -0.147. The van der Waals surface area contributed by atoms with Gasteiger partial charge in [0.05, 0.1) is 14.2 Å². The Hall–Kier alpha value is -2.21. The van der Waals surface area contributed by atoms with Crippen LogP contribution in [0.25, 0.3) is 0 Å². The minimum absolute atomic E-state index is 0.108. The Morgan fingerprint density at radius 3 is 2.38 bits per heavy atom. The second-order valence-corrected chi connectivity index (χ2v) is 5.87. The van der Waals surface area contributed by atoms with Crippen LogP contribution in [0, 0.1) is 6.92 Å². The molecule has 0 heterocycles. The molecule has 0 fully saturated rings. The molecule has 0 aromatic heterocycles. The number of benzene rings is 2. The van der Waals surface area contributed by atoms with Crippen LogP contribution in [0.5, 0.6) is 17.2 Å². The fraction of sp³-hybridized carbons (Fsp3) is 0.278. The summed E-state index contributed by atoms with van der Waals surface area (Å²) >= 11 is 3.43. The van der Waals surface area contributed by atoms with E-state index in [1.54, 1.807) is 26.4 Å². The van der Waals surface area contributed by atoms with Crippen molar-refractivity contribution in [2.75, 3.05) is 20.8 Å². The van der Waals surface area contributed by atoms with Gasteiger partial charge >= 0.3 is 5.97 Å². The minimum Gasteiger partial charge on any atom is -0.493 e. The molecule has 2 aromatic carbocycles. The Labute approximate surface area is 149 Å². The summed E-state index contributed by atoms with van der Waals surface area (Å²) in [5.74, 6) is 1.40. The van der Waals surface area contributed by atoms with Crippen molar-refractivity contribution < 1.29 is 23.7 Å². The van der Waals surface area contributed by atoms with Gasteiger partial charge in [-0.2, -0.15) is 0 Å². The van der Waals surface area contributed by atoms with Gasteiger partial charge in [-0.05, 0) is 30.7 Å². The molecule has 128 valence electrons. The van der Waals surface area contributed by atoms with Crippen LogP contribution >= 0.6 is 15.9 Å². The van der Waals surface area contributed by atoms with Gasteiger partial charge in [-0.1, -0.05) is 34.1 Å². The first-order chi connectivity index (χ1) is 11.5. The lowest BCUT2D eigenvalue weighted by atomic mass is 10.2. The highest BCUT2D eigenvalue weighted by Gasteiger charge is 2.12. The number of aryl methyl sites for hydroxylation is 1. The van der Waals surface area contributed by atoms with Gasteiger partial charge in [0, 0.05) is 10.0 Å². The zero-order valence-electron chi connectivity index (χ0n) is 13.8. The third-order valence-electron chi connectivity index (χ3n) is 3.38. The lowest BCUT2D eigenvalue weighted by Gasteiger charge is -2.13. The largest absolute Gasteiger partial charge is 0.493 e. The third-order valence-corrected chi connectivity index (χ3v) is 4.12. The van der Waals surface area contributed by atoms with Crippen LogP contribution in [-0.4, -0.2) is 26.8 Å². The monoisotopic (exact) mass is 394 g/mol. The quantitative estimate of drug-likeness (QED) is 0.666. The lowest BCUT2D eigenvalue weighted by Crippen LogP contribution is -2.15. The van der Waals surface area contributed by atoms with E-state index >= 15 is 0 Å². The molecule has 0 radical (unpaired) electrons. The zero-order valence-corrected chi connectivity index (χ0v) is 15.4. The molecule has 0 spiro atoms. The minimum atomic E-state index is -0.445. The molecule has 0 aliphatic carbocycles. The first kappa shape index (κ1) is 18.1. The van der Waals surface area contributed by atoms with Gasteiger partial charge in [0.2, 0.25) is 0 Å². The van der Waals surface area contributed by atoms with E-state index in [-0.39, 0.29) is 13.2 Å². The smallest absolute Gasteiger partial charge is 0.344 e. The van der Waals surface area contributed by atoms with E-state index in [2.05, 4.69) is 15.9 Å². The van der Waals surface area contributed by atoms with Gasteiger partial charge in [-0.15, -0.1) is 0 Å². The van der Waals surface area contributed by atoms with Crippen molar-refractivity contribution >= 4 is 21.9 Å². The van der Waals surface area contributed by atoms with Gasteiger partial charge in [0.25, 0.3) is 0 Å². The number of ether oxygens (including phenoxy) is 4. The molecule has 0 unspecified atom stereocenters. The van der Waals surface area contributed by atoms with Gasteiger partial charge < -0.3 is 18.9 Å². The van der Waals surface area contributed by atoms with Gasteiger partial charge in [-0.25, -0.2) is 4.79 Å². The highest BCUT2D eigenvalue weighted by molar-refractivity contribution is 9.10. The molecule has 0 atom stereocenters. The van der Waals surface area contributed by atoms with Crippen molar-refractivity contribution in [2.24, 2.45) is 0 Å². The van der Waals surface area contributed by atoms with E-state index in [0.717, 1.165) is 15.6 Å². The molecule has 24 heavy (non-hydrogen) atoms. The first-order valence-electron chi connectivity index (χ1n) is 7.29. The molecule has 6 heteroatoms. The topological polar surface area (TPSA) is 54.0 Å². The predicted octanol–water partition coefficient (Wildman–Crippen LogP) is 3.90. The van der Waals surface area contributed by atoms with Crippen LogP contribution in [0.4, 0.5) is 0 Å². The summed E-state index contributed by atoms with van der Waals surface area (Å²) in [7, 11) is 3.12. The van der Waals surface area contributed by atoms with Crippen LogP contribution in [0.15, 0.2) is 40.9 Å². The van der Waals surface area contributed by atoms with E-state index in [9.17, 15) is 4.79 Å². The molecule has 2 aromatic rings. The first-order valence-corrected chi connectivity index (χ1v) is 8.09. The maximum atomic E-state index is 11.9. The molecule has 2 rings (SSSR count). The Kier molecular flexibility index (Phi) is 6.49. The maximum Gasteiger partial charge on any atom is 0.344 e. The molecule has 0 aliphatic rings. The third kappa shape index (κ3) is 4.64. The van der Waals surface area contributed by atoms with Crippen LogP contribution in [0.1, 0.15) is 11.1 Å². The molecule has 0 N–H and O–H groups in total. The van der Waals surface area contributed by atoms with Gasteiger partial charge in [0.15, 0.2) is 18.1 Å². The molecule has 0 bridgehead atoms. The van der Waals surface area contributed by atoms with E-state index in [0.29, 0.717) is 17.2 Å². The molecule has 0 amide bonds. The summed E-state index contributed by atoms with van der Waals surface area (Å²) in [5.41, 5.74) is 1.74. The second-order valence-electron chi connectivity index (χ2n) is 5.01. The Morgan fingerprint density at radius 1 is 1.04 bits per heavy atom.